The fraction of sp³-hybridized carbons (Fsp3) is 0.216. The van der Waals surface area contributed by atoms with Crippen LogP contribution in [0.4, 0.5) is 5.82 Å². The monoisotopic (exact) mass is 616 g/mol. The molecule has 0 aliphatic heterocycles. The number of amides is 1. The van der Waals surface area contributed by atoms with E-state index < -0.39 is 10.0 Å². The molecule has 228 valence electrons. The quantitative estimate of drug-likeness (QED) is 0.173. The molecule has 0 spiro atoms. The third kappa shape index (κ3) is 7.53. The third-order valence-corrected chi connectivity index (χ3v) is 10.1. The van der Waals surface area contributed by atoms with Crippen molar-refractivity contribution in [2.24, 2.45) is 5.92 Å². The van der Waals surface area contributed by atoms with Gasteiger partial charge in [0.25, 0.3) is 0 Å². The number of carbonyl (C=O) groups is 1. The van der Waals surface area contributed by atoms with E-state index in [-0.39, 0.29) is 29.8 Å². The smallest absolute Gasteiger partial charge is 0.243 e. The van der Waals surface area contributed by atoms with Crippen molar-refractivity contribution in [3.8, 4) is 22.4 Å². The topological polar surface area (TPSA) is 92.3 Å². The lowest BCUT2D eigenvalue weighted by atomic mass is 9.89. The van der Waals surface area contributed by atoms with Gasteiger partial charge in [-0.15, -0.1) is 0 Å². The van der Waals surface area contributed by atoms with Gasteiger partial charge in [0, 0.05) is 37.0 Å². The molecule has 1 amide bonds. The van der Waals surface area contributed by atoms with Crippen LogP contribution in [0.2, 0.25) is 0 Å². The van der Waals surface area contributed by atoms with Crippen LogP contribution >= 0.6 is 0 Å². The van der Waals surface area contributed by atoms with Gasteiger partial charge >= 0.3 is 0 Å². The molecule has 1 saturated carbocycles. The van der Waals surface area contributed by atoms with Gasteiger partial charge in [-0.05, 0) is 65.4 Å². The minimum Gasteiger partial charge on any atom is -0.310 e. The number of sulfonamides is 1. The number of nitrogens with zero attached hydrogens (tertiary/aromatic N) is 3. The van der Waals surface area contributed by atoms with Crippen molar-refractivity contribution in [2.45, 2.75) is 50.1 Å². The summed E-state index contributed by atoms with van der Waals surface area (Å²) in [7, 11) is -3.83. The number of anilines is 1. The first-order chi connectivity index (χ1) is 22.0. The number of rotatable bonds is 10. The Balaban J connectivity index is 1.20. The van der Waals surface area contributed by atoms with Gasteiger partial charge in [-0.25, -0.2) is 13.4 Å². The molecule has 45 heavy (non-hydrogen) atoms. The normalized spacial score (nSPS) is 13.9. The molecule has 1 aliphatic rings. The van der Waals surface area contributed by atoms with Crippen LogP contribution in [-0.4, -0.2) is 28.6 Å². The molecule has 2 heterocycles. The molecule has 2 aromatic heterocycles. The lowest BCUT2D eigenvalue weighted by molar-refractivity contribution is -0.120. The first-order valence-electron chi connectivity index (χ1n) is 15.4. The number of hydrogen-bond donors (Lipinski definition) is 1. The van der Waals surface area contributed by atoms with Crippen molar-refractivity contribution < 1.29 is 13.2 Å². The predicted molar refractivity (Wildman–Crippen MR) is 177 cm³/mol. The zero-order chi connectivity index (χ0) is 31.1. The third-order valence-electron chi connectivity index (χ3n) is 8.27. The Morgan fingerprint density at radius 1 is 0.711 bits per heavy atom. The summed E-state index contributed by atoms with van der Waals surface area (Å²) < 4.78 is 29.4. The first-order valence-corrected chi connectivity index (χ1v) is 16.8. The molecule has 0 unspecified atom stereocenters. The number of carbonyl (C=O) groups excluding carboxylic acids is 1. The van der Waals surface area contributed by atoms with Gasteiger partial charge in [0.2, 0.25) is 15.9 Å². The van der Waals surface area contributed by atoms with Gasteiger partial charge in [-0.3, -0.25) is 9.78 Å². The SMILES string of the molecule is O=C(Nc1cccc(-c2ccc(CN(Cc3cccnc3)S(=O)(=O)c3ccc(-c4ccccc4)cc3)cc2)n1)C1CCCCC1. The molecule has 8 heteroatoms. The summed E-state index contributed by atoms with van der Waals surface area (Å²) >= 11 is 0. The fourth-order valence-corrected chi connectivity index (χ4v) is 7.18. The second kappa shape index (κ2) is 14.0. The van der Waals surface area contributed by atoms with E-state index in [1.807, 2.05) is 97.1 Å². The second-order valence-electron chi connectivity index (χ2n) is 11.5. The summed E-state index contributed by atoms with van der Waals surface area (Å²) in [6, 6.07) is 33.9. The number of pyridine rings is 2. The molecule has 7 nitrogen and oxygen atoms in total. The Morgan fingerprint density at radius 2 is 1.40 bits per heavy atom. The number of hydrogen-bond acceptors (Lipinski definition) is 5. The summed E-state index contributed by atoms with van der Waals surface area (Å²) in [4.78, 5) is 21.9. The maximum absolute atomic E-state index is 14.0. The number of aromatic nitrogens is 2. The highest BCUT2D eigenvalue weighted by molar-refractivity contribution is 7.89. The predicted octanol–water partition coefficient (Wildman–Crippen LogP) is 7.72. The van der Waals surface area contributed by atoms with E-state index >= 15 is 0 Å². The molecule has 0 radical (unpaired) electrons. The van der Waals surface area contributed by atoms with Crippen molar-refractivity contribution in [2.75, 3.05) is 5.32 Å². The highest BCUT2D eigenvalue weighted by Gasteiger charge is 2.26. The number of nitrogens with one attached hydrogen (secondary N) is 1. The Kier molecular flexibility index (Phi) is 9.43. The van der Waals surface area contributed by atoms with Crippen molar-refractivity contribution in [1.29, 1.82) is 0 Å². The summed E-state index contributed by atoms with van der Waals surface area (Å²) in [5.74, 6) is 0.634. The molecule has 1 N–H and O–H groups in total. The van der Waals surface area contributed by atoms with Crippen molar-refractivity contribution >= 4 is 21.7 Å². The molecule has 0 atom stereocenters. The summed E-state index contributed by atoms with van der Waals surface area (Å²) in [5.41, 5.74) is 5.24. The van der Waals surface area contributed by atoms with Crippen LogP contribution in [-0.2, 0) is 27.9 Å². The summed E-state index contributed by atoms with van der Waals surface area (Å²) in [5, 5.41) is 3.00. The van der Waals surface area contributed by atoms with Gasteiger partial charge in [0.15, 0.2) is 0 Å². The largest absolute Gasteiger partial charge is 0.310 e. The summed E-state index contributed by atoms with van der Waals surface area (Å²) in [6.07, 6.45) is 8.62. The lowest BCUT2D eigenvalue weighted by Crippen LogP contribution is -2.30. The minimum absolute atomic E-state index is 0.0410. The molecule has 3 aromatic carbocycles. The maximum atomic E-state index is 14.0. The van der Waals surface area contributed by atoms with E-state index in [4.69, 9.17) is 0 Å². The Morgan fingerprint density at radius 3 is 2.11 bits per heavy atom. The lowest BCUT2D eigenvalue weighted by Gasteiger charge is -2.23. The average molecular weight is 617 g/mol. The van der Waals surface area contributed by atoms with Crippen LogP contribution in [0.15, 0.2) is 126 Å². The van der Waals surface area contributed by atoms with Crippen LogP contribution in [0, 0.1) is 5.92 Å². The van der Waals surface area contributed by atoms with Gasteiger partial charge in [0.1, 0.15) is 5.82 Å². The minimum atomic E-state index is -3.83. The Bertz CT molecular complexity index is 1820. The highest BCUT2D eigenvalue weighted by Crippen LogP contribution is 2.28. The average Bonchev–Trinajstić information content (AvgIpc) is 3.10. The first kappa shape index (κ1) is 30.4. The van der Waals surface area contributed by atoms with E-state index in [0.29, 0.717) is 5.82 Å². The zero-order valence-corrected chi connectivity index (χ0v) is 25.9. The van der Waals surface area contributed by atoms with E-state index in [0.717, 1.165) is 59.2 Å². The van der Waals surface area contributed by atoms with E-state index in [9.17, 15) is 13.2 Å². The second-order valence-corrected chi connectivity index (χ2v) is 13.4. The summed E-state index contributed by atoms with van der Waals surface area (Å²) in [6.45, 7) is 0.367. The van der Waals surface area contributed by atoms with Crippen LogP contribution in [0.1, 0.15) is 43.2 Å². The molecule has 6 rings (SSSR count). The number of benzene rings is 3. The highest BCUT2D eigenvalue weighted by atomic mass is 32.2. The Hall–Kier alpha value is -4.66. The van der Waals surface area contributed by atoms with Crippen molar-refractivity contribution in [3.63, 3.8) is 0 Å². The van der Waals surface area contributed by atoms with Gasteiger partial charge in [0.05, 0.1) is 10.6 Å². The van der Waals surface area contributed by atoms with E-state index in [2.05, 4.69) is 15.3 Å². The molecule has 5 aromatic rings. The standard InChI is InChI=1S/C37H36N4O3S/c42-37(33-12-5-2-6-13-33)40-36-15-7-14-35(39-36)32-18-16-28(17-19-32)26-41(27-29-9-8-24-38-25-29)45(43,44)34-22-20-31(21-23-34)30-10-3-1-4-11-30/h1,3-4,7-11,14-25,33H,2,5-6,12-13,26-27H2,(H,39,40,42). The molecule has 1 aliphatic carbocycles. The van der Waals surface area contributed by atoms with Crippen molar-refractivity contribution in [3.05, 3.63) is 133 Å². The molecule has 0 bridgehead atoms. The zero-order valence-electron chi connectivity index (χ0n) is 25.0. The van der Waals surface area contributed by atoms with Gasteiger partial charge < -0.3 is 5.32 Å². The maximum Gasteiger partial charge on any atom is 0.243 e. The van der Waals surface area contributed by atoms with Crippen LogP contribution in [0.3, 0.4) is 0 Å². The van der Waals surface area contributed by atoms with Gasteiger partial charge in [-0.1, -0.05) is 98.1 Å². The molecule has 1 fully saturated rings. The van der Waals surface area contributed by atoms with E-state index in [1.54, 1.807) is 24.5 Å². The van der Waals surface area contributed by atoms with Crippen LogP contribution < -0.4 is 5.32 Å². The van der Waals surface area contributed by atoms with Crippen molar-refractivity contribution in [1.82, 2.24) is 14.3 Å². The fourth-order valence-electron chi connectivity index (χ4n) is 5.76. The van der Waals surface area contributed by atoms with E-state index in [1.165, 1.54) is 10.7 Å². The van der Waals surface area contributed by atoms with Crippen LogP contribution in [0.25, 0.3) is 22.4 Å². The molecular formula is C37H36N4O3S. The van der Waals surface area contributed by atoms with Gasteiger partial charge in [-0.2, -0.15) is 4.31 Å². The van der Waals surface area contributed by atoms with Crippen LogP contribution in [0.5, 0.6) is 0 Å². The molecular weight excluding hydrogens is 580 g/mol. The molecule has 0 saturated heterocycles. The Labute approximate surface area is 265 Å².